The van der Waals surface area contributed by atoms with Crippen LogP contribution in [-0.2, 0) is 13.0 Å². The number of nitrogens with zero attached hydrogens (tertiary/aromatic N) is 3. The summed E-state index contributed by atoms with van der Waals surface area (Å²) in [6, 6.07) is 12.1. The minimum absolute atomic E-state index is 0.178. The molecular formula is C25H26Cl2N4O3. The zero-order valence-electron chi connectivity index (χ0n) is 19.5. The van der Waals surface area contributed by atoms with E-state index in [4.69, 9.17) is 32.9 Å². The molecule has 9 heteroatoms. The van der Waals surface area contributed by atoms with Gasteiger partial charge in [0, 0.05) is 23.2 Å². The van der Waals surface area contributed by atoms with Crippen molar-refractivity contribution < 1.29 is 9.53 Å². The third kappa shape index (κ3) is 4.76. The molecule has 0 unspecified atom stereocenters. The molecule has 7 nitrogen and oxygen atoms in total. The zero-order valence-corrected chi connectivity index (χ0v) is 21.0. The van der Waals surface area contributed by atoms with Crippen LogP contribution in [0.2, 0.25) is 10.0 Å². The molecule has 0 aliphatic carbocycles. The second-order valence-corrected chi connectivity index (χ2v) is 9.97. The van der Waals surface area contributed by atoms with E-state index in [9.17, 15) is 9.59 Å². The quantitative estimate of drug-likeness (QED) is 0.547. The monoisotopic (exact) mass is 500 g/mol. The van der Waals surface area contributed by atoms with Crippen molar-refractivity contribution in [3.05, 3.63) is 79.7 Å². The molecule has 1 amide bonds. The molecule has 0 atom stereocenters. The summed E-state index contributed by atoms with van der Waals surface area (Å²) in [5, 5.41) is 4.05. The van der Waals surface area contributed by atoms with Crippen molar-refractivity contribution in [3.8, 4) is 11.4 Å². The van der Waals surface area contributed by atoms with Crippen LogP contribution in [0.25, 0.3) is 5.69 Å². The summed E-state index contributed by atoms with van der Waals surface area (Å²) in [4.78, 5) is 33.3. The number of nitrogens with one attached hydrogen (secondary N) is 1. The normalized spacial score (nSPS) is 13.4. The molecule has 1 N–H and O–H groups in total. The van der Waals surface area contributed by atoms with Crippen molar-refractivity contribution in [2.45, 2.75) is 39.3 Å². The number of carbonyl (C=O) groups excluding carboxylic acids is 1. The Bertz CT molecular complexity index is 1310. The van der Waals surface area contributed by atoms with E-state index in [1.807, 2.05) is 39.0 Å². The number of amides is 1. The maximum absolute atomic E-state index is 13.7. The fourth-order valence-corrected chi connectivity index (χ4v) is 4.23. The van der Waals surface area contributed by atoms with E-state index in [1.54, 1.807) is 40.8 Å². The van der Waals surface area contributed by atoms with E-state index < -0.39 is 0 Å². The third-order valence-corrected chi connectivity index (χ3v) is 6.24. The van der Waals surface area contributed by atoms with E-state index in [-0.39, 0.29) is 23.6 Å². The van der Waals surface area contributed by atoms with Crippen LogP contribution in [0.5, 0.6) is 5.75 Å². The standard InChI is InChI=1S/C25H26Cl2N4O3/c1-25(2,3)29-24-28-19-14-30(22(32)15-9-10-17(26)18(27)13-15)12-11-16(19)23(33)31(24)20-7-5-6-8-21(20)34-4/h5-10,13H,11-12,14H2,1-4H3,(H,28,29). The number of ether oxygens (including phenoxy) is 1. The lowest BCUT2D eigenvalue weighted by Gasteiger charge is -2.31. The van der Waals surface area contributed by atoms with E-state index >= 15 is 0 Å². The molecule has 34 heavy (non-hydrogen) atoms. The lowest BCUT2D eigenvalue weighted by Crippen LogP contribution is -2.42. The molecule has 0 bridgehead atoms. The topological polar surface area (TPSA) is 76.5 Å². The van der Waals surface area contributed by atoms with Gasteiger partial charge in [-0.3, -0.25) is 9.59 Å². The predicted molar refractivity (Wildman–Crippen MR) is 135 cm³/mol. The fraction of sp³-hybridized carbons (Fsp3) is 0.320. The molecule has 1 aliphatic heterocycles. The van der Waals surface area contributed by atoms with Crippen LogP contribution in [0.4, 0.5) is 5.95 Å². The number of rotatable bonds is 4. The fourth-order valence-electron chi connectivity index (χ4n) is 3.93. The summed E-state index contributed by atoms with van der Waals surface area (Å²) >= 11 is 12.1. The van der Waals surface area contributed by atoms with Gasteiger partial charge in [0.15, 0.2) is 0 Å². The van der Waals surface area contributed by atoms with Gasteiger partial charge in [0.2, 0.25) is 5.95 Å². The van der Waals surface area contributed by atoms with Crippen molar-refractivity contribution in [1.29, 1.82) is 0 Å². The van der Waals surface area contributed by atoms with Gasteiger partial charge in [-0.25, -0.2) is 9.55 Å². The van der Waals surface area contributed by atoms with Crippen LogP contribution in [0.15, 0.2) is 47.3 Å². The van der Waals surface area contributed by atoms with Crippen LogP contribution >= 0.6 is 23.2 Å². The Hall–Kier alpha value is -3.03. The first-order valence-electron chi connectivity index (χ1n) is 10.9. The van der Waals surface area contributed by atoms with Crippen LogP contribution < -0.4 is 15.6 Å². The van der Waals surface area contributed by atoms with Gasteiger partial charge in [0.25, 0.3) is 11.5 Å². The van der Waals surface area contributed by atoms with Crippen LogP contribution in [0.1, 0.15) is 42.4 Å². The Morgan fingerprint density at radius 1 is 1.12 bits per heavy atom. The Morgan fingerprint density at radius 3 is 2.53 bits per heavy atom. The first-order chi connectivity index (χ1) is 16.1. The highest BCUT2D eigenvalue weighted by Crippen LogP contribution is 2.28. The molecule has 2 aromatic carbocycles. The molecule has 0 spiro atoms. The second-order valence-electron chi connectivity index (χ2n) is 9.15. The van der Waals surface area contributed by atoms with Crippen LogP contribution in [0.3, 0.4) is 0 Å². The Kier molecular flexibility index (Phi) is 6.60. The van der Waals surface area contributed by atoms with Crippen LogP contribution in [-0.4, -0.2) is 39.6 Å². The van der Waals surface area contributed by atoms with Gasteiger partial charge in [0.1, 0.15) is 5.75 Å². The van der Waals surface area contributed by atoms with Crippen molar-refractivity contribution in [2.75, 3.05) is 19.0 Å². The molecular weight excluding hydrogens is 475 g/mol. The SMILES string of the molecule is COc1ccccc1-n1c(NC(C)(C)C)nc2c(c1=O)CCN(C(=O)c1ccc(Cl)c(Cl)c1)C2. The molecule has 0 saturated carbocycles. The van der Waals surface area contributed by atoms with E-state index in [0.29, 0.717) is 57.2 Å². The highest BCUT2D eigenvalue weighted by atomic mass is 35.5. The van der Waals surface area contributed by atoms with E-state index in [0.717, 1.165) is 0 Å². The minimum atomic E-state index is -0.359. The van der Waals surface area contributed by atoms with Crippen molar-refractivity contribution in [2.24, 2.45) is 0 Å². The smallest absolute Gasteiger partial charge is 0.263 e. The Morgan fingerprint density at radius 2 is 1.85 bits per heavy atom. The number of para-hydroxylation sites is 2. The van der Waals surface area contributed by atoms with Gasteiger partial charge in [-0.2, -0.15) is 0 Å². The summed E-state index contributed by atoms with van der Waals surface area (Å²) in [7, 11) is 1.57. The molecule has 1 aliphatic rings. The molecule has 178 valence electrons. The summed E-state index contributed by atoms with van der Waals surface area (Å²) < 4.78 is 7.07. The van der Waals surface area contributed by atoms with Crippen LogP contribution in [0, 0.1) is 0 Å². The van der Waals surface area contributed by atoms with Crippen molar-refractivity contribution in [3.63, 3.8) is 0 Å². The Labute approximate surface area is 208 Å². The number of hydrogen-bond donors (Lipinski definition) is 1. The first kappa shape index (κ1) is 24.1. The maximum Gasteiger partial charge on any atom is 0.263 e. The van der Waals surface area contributed by atoms with Gasteiger partial charge in [0.05, 0.1) is 35.1 Å². The largest absolute Gasteiger partial charge is 0.495 e. The summed E-state index contributed by atoms with van der Waals surface area (Å²) in [6.45, 7) is 6.58. The van der Waals surface area contributed by atoms with Crippen molar-refractivity contribution >= 4 is 35.1 Å². The second kappa shape index (κ2) is 9.31. The zero-order chi connectivity index (χ0) is 24.6. The number of benzene rings is 2. The number of fused-ring (bicyclic) bond motifs is 1. The number of carbonyl (C=O) groups is 1. The minimum Gasteiger partial charge on any atom is -0.495 e. The maximum atomic E-state index is 13.7. The number of aromatic nitrogens is 2. The average molecular weight is 501 g/mol. The highest BCUT2D eigenvalue weighted by molar-refractivity contribution is 6.42. The molecule has 2 heterocycles. The van der Waals surface area contributed by atoms with Gasteiger partial charge < -0.3 is 15.0 Å². The highest BCUT2D eigenvalue weighted by Gasteiger charge is 2.29. The summed E-state index contributed by atoms with van der Waals surface area (Å²) in [5.41, 5.74) is 1.66. The lowest BCUT2D eigenvalue weighted by atomic mass is 10.0. The molecule has 4 rings (SSSR count). The molecule has 0 fully saturated rings. The van der Waals surface area contributed by atoms with Crippen molar-refractivity contribution in [1.82, 2.24) is 14.5 Å². The lowest BCUT2D eigenvalue weighted by molar-refractivity contribution is 0.0731. The van der Waals surface area contributed by atoms with Gasteiger partial charge in [-0.15, -0.1) is 0 Å². The molecule has 3 aromatic rings. The van der Waals surface area contributed by atoms with E-state index in [1.165, 1.54) is 0 Å². The van der Waals surface area contributed by atoms with E-state index in [2.05, 4.69) is 5.32 Å². The van der Waals surface area contributed by atoms with Gasteiger partial charge in [-0.05, 0) is 57.5 Å². The Balaban J connectivity index is 1.78. The molecule has 1 aromatic heterocycles. The number of halogens is 2. The summed E-state index contributed by atoms with van der Waals surface area (Å²) in [6.07, 6.45) is 0.388. The average Bonchev–Trinajstić information content (AvgIpc) is 2.79. The number of anilines is 1. The van der Waals surface area contributed by atoms with Gasteiger partial charge in [-0.1, -0.05) is 35.3 Å². The van der Waals surface area contributed by atoms with Gasteiger partial charge >= 0.3 is 0 Å². The number of hydrogen-bond acceptors (Lipinski definition) is 5. The first-order valence-corrected chi connectivity index (χ1v) is 11.7. The third-order valence-electron chi connectivity index (χ3n) is 5.50. The molecule has 0 radical (unpaired) electrons. The predicted octanol–water partition coefficient (Wildman–Crippen LogP) is 4.96. The molecule has 0 saturated heterocycles. The summed E-state index contributed by atoms with van der Waals surface area (Å²) in [5.74, 6) is 0.769. The number of methoxy groups -OCH3 is 1.